The van der Waals surface area contributed by atoms with Crippen molar-refractivity contribution < 1.29 is 14.6 Å². The van der Waals surface area contributed by atoms with Gasteiger partial charge in [-0.15, -0.1) is 11.3 Å². The monoisotopic (exact) mass is 280 g/mol. The quantitative estimate of drug-likeness (QED) is 0.871. The molecule has 1 N–H and O–H groups in total. The molecule has 0 aliphatic carbocycles. The van der Waals surface area contributed by atoms with Gasteiger partial charge in [0.25, 0.3) is 0 Å². The number of thiophene rings is 1. The minimum Gasteiger partial charge on any atom is -0.505 e. The fourth-order valence-corrected chi connectivity index (χ4v) is 3.52. The van der Waals surface area contributed by atoms with Crippen molar-refractivity contribution in [2.75, 3.05) is 7.11 Å². The third kappa shape index (κ3) is 2.52. The summed E-state index contributed by atoms with van der Waals surface area (Å²) in [6.07, 6.45) is 0. The molecule has 2 rings (SSSR count). The van der Waals surface area contributed by atoms with E-state index in [1.54, 1.807) is 0 Å². The van der Waals surface area contributed by atoms with Gasteiger partial charge in [-0.2, -0.15) is 0 Å². The van der Waals surface area contributed by atoms with Crippen molar-refractivity contribution in [3.8, 4) is 5.75 Å². The minimum atomic E-state index is -0.500. The molecule has 94 valence electrons. The highest BCUT2D eigenvalue weighted by Gasteiger charge is 2.21. The van der Waals surface area contributed by atoms with Gasteiger partial charge in [0, 0.05) is 9.77 Å². The van der Waals surface area contributed by atoms with E-state index in [1.807, 2.05) is 37.3 Å². The topological polar surface area (TPSA) is 46.5 Å². The van der Waals surface area contributed by atoms with E-state index in [1.165, 1.54) is 30.2 Å². The van der Waals surface area contributed by atoms with Crippen LogP contribution in [0.15, 0.2) is 40.1 Å². The van der Waals surface area contributed by atoms with Gasteiger partial charge in [-0.1, -0.05) is 30.0 Å². The molecule has 0 unspecified atom stereocenters. The fourth-order valence-electron chi connectivity index (χ4n) is 1.48. The van der Waals surface area contributed by atoms with E-state index in [0.29, 0.717) is 4.90 Å². The van der Waals surface area contributed by atoms with Gasteiger partial charge in [-0.3, -0.25) is 0 Å². The molecule has 18 heavy (non-hydrogen) atoms. The summed E-state index contributed by atoms with van der Waals surface area (Å²) in [5.74, 6) is -0.487. The first kappa shape index (κ1) is 13.0. The number of hydrogen-bond acceptors (Lipinski definition) is 5. The van der Waals surface area contributed by atoms with Crippen molar-refractivity contribution in [2.45, 2.75) is 16.7 Å². The van der Waals surface area contributed by atoms with Gasteiger partial charge in [0.2, 0.25) is 0 Å². The van der Waals surface area contributed by atoms with E-state index in [0.717, 1.165) is 9.77 Å². The van der Waals surface area contributed by atoms with Crippen LogP contribution in [-0.4, -0.2) is 18.2 Å². The van der Waals surface area contributed by atoms with Gasteiger partial charge in [0.15, 0.2) is 10.6 Å². The zero-order valence-corrected chi connectivity index (χ0v) is 11.6. The van der Waals surface area contributed by atoms with Crippen LogP contribution in [0.2, 0.25) is 0 Å². The maximum atomic E-state index is 11.5. The molecule has 0 aliphatic rings. The predicted octanol–water partition coefficient (Wildman–Crippen LogP) is 3.70. The molecule has 0 saturated heterocycles. The first-order valence-corrected chi connectivity index (χ1v) is 6.90. The average molecular weight is 280 g/mol. The van der Waals surface area contributed by atoms with Gasteiger partial charge in [0.1, 0.15) is 0 Å². The number of carbonyl (C=O) groups excluding carboxylic acids is 1. The summed E-state index contributed by atoms with van der Waals surface area (Å²) < 4.78 is 4.64. The Morgan fingerprint density at radius 2 is 2.00 bits per heavy atom. The van der Waals surface area contributed by atoms with Crippen molar-refractivity contribution in [1.29, 1.82) is 0 Å². The zero-order chi connectivity index (χ0) is 13.1. The van der Waals surface area contributed by atoms with E-state index in [4.69, 9.17) is 0 Å². The van der Waals surface area contributed by atoms with Crippen LogP contribution in [0.1, 0.15) is 14.5 Å². The fraction of sp³-hybridized carbons (Fsp3) is 0.154. The number of hydrogen-bond donors (Lipinski definition) is 1. The highest BCUT2D eigenvalue weighted by atomic mass is 32.2. The van der Waals surface area contributed by atoms with E-state index < -0.39 is 5.97 Å². The Morgan fingerprint density at radius 3 is 2.61 bits per heavy atom. The lowest BCUT2D eigenvalue weighted by atomic mass is 10.4. The Kier molecular flexibility index (Phi) is 3.93. The Labute approximate surface area is 113 Å². The van der Waals surface area contributed by atoms with E-state index in [-0.39, 0.29) is 10.6 Å². The maximum Gasteiger partial charge on any atom is 0.351 e. The molecule has 0 amide bonds. The molecule has 1 heterocycles. The molecule has 0 fully saturated rings. The Bertz CT molecular complexity index is 561. The predicted molar refractivity (Wildman–Crippen MR) is 72.6 cm³/mol. The SMILES string of the molecule is COC(=O)c1sc(C)c(Sc2ccccc2)c1O. The smallest absolute Gasteiger partial charge is 0.351 e. The van der Waals surface area contributed by atoms with Crippen molar-refractivity contribution in [3.05, 3.63) is 40.1 Å². The van der Waals surface area contributed by atoms with Crippen LogP contribution >= 0.6 is 23.1 Å². The number of methoxy groups -OCH3 is 1. The third-order valence-electron chi connectivity index (χ3n) is 2.34. The van der Waals surface area contributed by atoms with E-state index in [9.17, 15) is 9.90 Å². The maximum absolute atomic E-state index is 11.5. The number of rotatable bonds is 3. The first-order valence-electron chi connectivity index (χ1n) is 5.27. The number of carbonyl (C=O) groups is 1. The number of aromatic hydroxyl groups is 1. The van der Waals surface area contributed by atoms with Crippen LogP contribution in [0.3, 0.4) is 0 Å². The normalized spacial score (nSPS) is 10.3. The molecule has 1 aromatic carbocycles. The second-order valence-electron chi connectivity index (χ2n) is 3.57. The standard InChI is InChI=1S/C13H12O3S2/c1-8-11(18-9-6-4-3-5-7-9)10(14)12(17-8)13(15)16-2/h3-7,14H,1-2H3. The summed E-state index contributed by atoms with van der Waals surface area (Å²) in [6, 6.07) is 9.72. The summed E-state index contributed by atoms with van der Waals surface area (Å²) >= 11 is 2.69. The number of esters is 1. The van der Waals surface area contributed by atoms with Crippen LogP contribution in [-0.2, 0) is 4.74 Å². The third-order valence-corrected chi connectivity index (χ3v) is 4.75. The molecule has 2 aromatic rings. The number of ether oxygens (including phenoxy) is 1. The minimum absolute atomic E-state index is 0.0122. The van der Waals surface area contributed by atoms with Gasteiger partial charge >= 0.3 is 5.97 Å². The molecule has 0 aliphatic heterocycles. The second kappa shape index (κ2) is 5.46. The molecular formula is C13H12O3S2. The Balaban J connectivity index is 2.34. The summed E-state index contributed by atoms with van der Waals surface area (Å²) in [5.41, 5.74) is 0. The van der Waals surface area contributed by atoms with E-state index >= 15 is 0 Å². The molecule has 0 spiro atoms. The van der Waals surface area contributed by atoms with Gasteiger partial charge < -0.3 is 9.84 Å². The summed E-state index contributed by atoms with van der Waals surface area (Å²) in [6.45, 7) is 1.88. The molecule has 5 heteroatoms. The number of aryl methyl sites for hydroxylation is 1. The van der Waals surface area contributed by atoms with Gasteiger partial charge in [0.05, 0.1) is 12.0 Å². The van der Waals surface area contributed by atoms with Crippen molar-refractivity contribution in [2.24, 2.45) is 0 Å². The lowest BCUT2D eigenvalue weighted by molar-refractivity contribution is 0.0603. The average Bonchev–Trinajstić information content (AvgIpc) is 2.67. The first-order chi connectivity index (χ1) is 8.63. The van der Waals surface area contributed by atoms with Crippen LogP contribution in [0.4, 0.5) is 0 Å². The Morgan fingerprint density at radius 1 is 1.33 bits per heavy atom. The molecule has 0 bridgehead atoms. The molecule has 0 saturated carbocycles. The molecule has 1 aromatic heterocycles. The van der Waals surface area contributed by atoms with Gasteiger partial charge in [-0.25, -0.2) is 4.79 Å². The van der Waals surface area contributed by atoms with Crippen LogP contribution in [0.5, 0.6) is 5.75 Å². The van der Waals surface area contributed by atoms with Crippen LogP contribution in [0.25, 0.3) is 0 Å². The highest BCUT2D eigenvalue weighted by molar-refractivity contribution is 7.99. The van der Waals surface area contributed by atoms with Crippen LogP contribution < -0.4 is 0 Å². The summed E-state index contributed by atoms with van der Waals surface area (Å²) in [4.78, 5) is 14.4. The van der Waals surface area contributed by atoms with E-state index in [2.05, 4.69) is 4.74 Å². The molecule has 0 radical (unpaired) electrons. The Hall–Kier alpha value is -1.46. The van der Waals surface area contributed by atoms with Crippen LogP contribution in [0, 0.1) is 6.92 Å². The lowest BCUT2D eigenvalue weighted by Gasteiger charge is -2.01. The van der Waals surface area contributed by atoms with Gasteiger partial charge in [-0.05, 0) is 19.1 Å². The molecular weight excluding hydrogens is 268 g/mol. The summed E-state index contributed by atoms with van der Waals surface area (Å²) in [7, 11) is 1.31. The molecule has 0 atom stereocenters. The van der Waals surface area contributed by atoms with Crippen molar-refractivity contribution in [1.82, 2.24) is 0 Å². The second-order valence-corrected chi connectivity index (χ2v) is 5.88. The summed E-state index contributed by atoms with van der Waals surface area (Å²) in [5, 5.41) is 10.1. The molecule has 3 nitrogen and oxygen atoms in total. The van der Waals surface area contributed by atoms with Crippen molar-refractivity contribution in [3.63, 3.8) is 0 Å². The highest BCUT2D eigenvalue weighted by Crippen LogP contribution is 2.44. The van der Waals surface area contributed by atoms with Crippen molar-refractivity contribution >= 4 is 29.1 Å². The largest absolute Gasteiger partial charge is 0.505 e. The lowest BCUT2D eigenvalue weighted by Crippen LogP contribution is -1.97. The number of benzene rings is 1. The zero-order valence-electron chi connectivity index (χ0n) is 9.97.